The highest BCUT2D eigenvalue weighted by Crippen LogP contribution is 2.26. The Morgan fingerprint density at radius 3 is 2.62 bits per heavy atom. The Balaban J connectivity index is 1.73. The summed E-state index contributed by atoms with van der Waals surface area (Å²) in [5.74, 6) is 2.45. The Morgan fingerprint density at radius 2 is 1.92 bits per heavy atom. The molecule has 0 N–H and O–H groups in total. The number of ether oxygens (including phenoxy) is 1. The maximum absolute atomic E-state index is 5.77. The van der Waals surface area contributed by atoms with E-state index in [1.807, 2.05) is 37.0 Å². The molecule has 1 aromatic carbocycles. The van der Waals surface area contributed by atoms with Crippen LogP contribution >= 0.6 is 0 Å². The van der Waals surface area contributed by atoms with Crippen molar-refractivity contribution in [1.82, 2.24) is 14.5 Å². The van der Waals surface area contributed by atoms with E-state index >= 15 is 0 Å². The van der Waals surface area contributed by atoms with Gasteiger partial charge in [0.1, 0.15) is 17.1 Å². The second-order valence-electron chi connectivity index (χ2n) is 6.47. The molecule has 0 radical (unpaired) electrons. The number of hydrogen-bond donors (Lipinski definition) is 0. The predicted octanol–water partition coefficient (Wildman–Crippen LogP) is 4.16. The summed E-state index contributed by atoms with van der Waals surface area (Å²) in [6.45, 7) is 5.16. The molecular weight excluding hydrogens is 300 g/mol. The van der Waals surface area contributed by atoms with Crippen LogP contribution in [0.3, 0.4) is 0 Å². The van der Waals surface area contributed by atoms with Gasteiger partial charge >= 0.3 is 0 Å². The van der Waals surface area contributed by atoms with E-state index in [0.717, 1.165) is 41.3 Å². The molecule has 2 aromatic heterocycles. The van der Waals surface area contributed by atoms with E-state index in [0.29, 0.717) is 5.92 Å². The standard InChI is InChI=1S/C19H24N4O/c1-14(2)9-10-24-16-7-5-15(6-8-16)23(4)19-11-18-17(12-20-19)21-13-22(18)3/h5-8,11-14H,9-10H2,1-4H3. The highest BCUT2D eigenvalue weighted by Gasteiger charge is 2.09. The smallest absolute Gasteiger partial charge is 0.134 e. The number of rotatable bonds is 6. The third kappa shape index (κ3) is 3.50. The van der Waals surface area contributed by atoms with E-state index in [-0.39, 0.29) is 0 Å². The van der Waals surface area contributed by atoms with Gasteiger partial charge in [0.05, 0.1) is 24.6 Å². The largest absolute Gasteiger partial charge is 0.494 e. The zero-order valence-corrected chi connectivity index (χ0v) is 14.7. The molecule has 0 unspecified atom stereocenters. The number of benzene rings is 1. The van der Waals surface area contributed by atoms with Crippen molar-refractivity contribution in [1.29, 1.82) is 0 Å². The van der Waals surface area contributed by atoms with Gasteiger partial charge in [0.2, 0.25) is 0 Å². The molecule has 5 nitrogen and oxygen atoms in total. The van der Waals surface area contributed by atoms with Crippen molar-refractivity contribution in [3.8, 4) is 5.75 Å². The molecular formula is C19H24N4O. The molecule has 0 fully saturated rings. The molecule has 3 rings (SSSR count). The second-order valence-corrected chi connectivity index (χ2v) is 6.47. The summed E-state index contributed by atoms with van der Waals surface area (Å²) in [6.07, 6.45) is 4.68. The minimum absolute atomic E-state index is 0.656. The molecule has 2 heterocycles. The molecule has 126 valence electrons. The average Bonchev–Trinajstić information content (AvgIpc) is 2.95. The molecule has 0 aliphatic rings. The Kier molecular flexibility index (Phi) is 4.69. The van der Waals surface area contributed by atoms with E-state index in [4.69, 9.17) is 4.74 Å². The molecule has 0 spiro atoms. The summed E-state index contributed by atoms with van der Waals surface area (Å²) in [7, 11) is 4.00. The quantitative estimate of drug-likeness (QED) is 0.683. The third-order valence-corrected chi connectivity index (χ3v) is 4.13. The second kappa shape index (κ2) is 6.91. The van der Waals surface area contributed by atoms with E-state index in [2.05, 4.69) is 46.9 Å². The normalized spacial score (nSPS) is 11.2. The Bertz CT molecular complexity index is 808. The first-order valence-electron chi connectivity index (χ1n) is 8.28. The summed E-state index contributed by atoms with van der Waals surface area (Å²) >= 11 is 0. The Hall–Kier alpha value is -2.56. The molecule has 0 saturated heterocycles. The molecule has 3 aromatic rings. The van der Waals surface area contributed by atoms with Crippen LogP contribution in [0.5, 0.6) is 5.75 Å². The van der Waals surface area contributed by atoms with Gasteiger partial charge in [-0.05, 0) is 36.6 Å². The van der Waals surface area contributed by atoms with Crippen LogP contribution in [-0.2, 0) is 7.05 Å². The summed E-state index contributed by atoms with van der Waals surface area (Å²) in [5.41, 5.74) is 3.05. The first kappa shape index (κ1) is 16.3. The van der Waals surface area contributed by atoms with Gasteiger partial charge in [-0.3, -0.25) is 0 Å². The molecule has 0 bridgehead atoms. The fourth-order valence-corrected chi connectivity index (χ4v) is 2.51. The fraction of sp³-hybridized carbons (Fsp3) is 0.368. The SMILES string of the molecule is CC(C)CCOc1ccc(N(C)c2cc3c(cn2)ncn3C)cc1. The summed E-state index contributed by atoms with van der Waals surface area (Å²) < 4.78 is 7.77. The highest BCUT2D eigenvalue weighted by molar-refractivity contribution is 5.78. The molecule has 0 amide bonds. The zero-order chi connectivity index (χ0) is 17.1. The van der Waals surface area contributed by atoms with E-state index in [1.54, 1.807) is 6.33 Å². The van der Waals surface area contributed by atoms with Gasteiger partial charge in [0.25, 0.3) is 0 Å². The maximum atomic E-state index is 5.77. The highest BCUT2D eigenvalue weighted by atomic mass is 16.5. The van der Waals surface area contributed by atoms with Crippen molar-refractivity contribution < 1.29 is 4.74 Å². The van der Waals surface area contributed by atoms with Gasteiger partial charge in [0, 0.05) is 25.8 Å². The molecule has 5 heteroatoms. The van der Waals surface area contributed by atoms with Crippen molar-refractivity contribution in [2.24, 2.45) is 13.0 Å². The number of aromatic nitrogens is 3. The lowest BCUT2D eigenvalue weighted by Gasteiger charge is -2.19. The van der Waals surface area contributed by atoms with Crippen LogP contribution in [0.1, 0.15) is 20.3 Å². The molecule has 0 aliphatic carbocycles. The van der Waals surface area contributed by atoms with Gasteiger partial charge in [-0.1, -0.05) is 13.8 Å². The fourth-order valence-electron chi connectivity index (χ4n) is 2.51. The number of anilines is 2. The first-order valence-corrected chi connectivity index (χ1v) is 8.28. The molecule has 24 heavy (non-hydrogen) atoms. The number of aryl methyl sites for hydroxylation is 1. The average molecular weight is 324 g/mol. The van der Waals surface area contributed by atoms with Gasteiger partial charge in [0.15, 0.2) is 0 Å². The van der Waals surface area contributed by atoms with Crippen LogP contribution in [-0.4, -0.2) is 28.2 Å². The Labute approximate surface area is 142 Å². The lowest BCUT2D eigenvalue weighted by molar-refractivity contribution is 0.289. The van der Waals surface area contributed by atoms with E-state index in [1.165, 1.54) is 0 Å². The van der Waals surface area contributed by atoms with Gasteiger partial charge < -0.3 is 14.2 Å². The van der Waals surface area contributed by atoms with Crippen LogP contribution in [0.25, 0.3) is 11.0 Å². The van der Waals surface area contributed by atoms with E-state index < -0.39 is 0 Å². The minimum Gasteiger partial charge on any atom is -0.494 e. The number of pyridine rings is 1. The monoisotopic (exact) mass is 324 g/mol. The third-order valence-electron chi connectivity index (χ3n) is 4.13. The van der Waals surface area contributed by atoms with Crippen molar-refractivity contribution in [3.05, 3.63) is 42.9 Å². The molecule has 0 aliphatic heterocycles. The molecule has 0 saturated carbocycles. The summed E-state index contributed by atoms with van der Waals surface area (Å²) in [5, 5.41) is 0. The van der Waals surface area contributed by atoms with Gasteiger partial charge in [-0.2, -0.15) is 0 Å². The lowest BCUT2D eigenvalue weighted by Crippen LogP contribution is -2.11. The Morgan fingerprint density at radius 1 is 1.17 bits per heavy atom. The minimum atomic E-state index is 0.656. The summed E-state index contributed by atoms with van der Waals surface area (Å²) in [6, 6.07) is 10.2. The van der Waals surface area contributed by atoms with Crippen molar-refractivity contribution in [2.75, 3.05) is 18.6 Å². The first-order chi connectivity index (χ1) is 11.5. The maximum Gasteiger partial charge on any atom is 0.134 e. The zero-order valence-electron chi connectivity index (χ0n) is 14.7. The number of fused-ring (bicyclic) bond motifs is 1. The predicted molar refractivity (Wildman–Crippen MR) is 98.0 cm³/mol. The molecule has 0 atom stereocenters. The lowest BCUT2D eigenvalue weighted by atomic mass is 10.1. The van der Waals surface area contributed by atoms with Crippen LogP contribution < -0.4 is 9.64 Å². The number of hydrogen-bond acceptors (Lipinski definition) is 4. The van der Waals surface area contributed by atoms with Gasteiger partial charge in [-0.15, -0.1) is 0 Å². The van der Waals surface area contributed by atoms with Crippen molar-refractivity contribution in [2.45, 2.75) is 20.3 Å². The van der Waals surface area contributed by atoms with Crippen LogP contribution in [0, 0.1) is 5.92 Å². The number of nitrogens with zero attached hydrogens (tertiary/aromatic N) is 4. The van der Waals surface area contributed by atoms with Crippen molar-refractivity contribution >= 4 is 22.5 Å². The number of imidazole rings is 1. The van der Waals surface area contributed by atoms with E-state index in [9.17, 15) is 0 Å². The summed E-state index contributed by atoms with van der Waals surface area (Å²) in [4.78, 5) is 10.9. The van der Waals surface area contributed by atoms with Crippen LogP contribution in [0.2, 0.25) is 0 Å². The topological polar surface area (TPSA) is 43.2 Å². The van der Waals surface area contributed by atoms with Crippen molar-refractivity contribution in [3.63, 3.8) is 0 Å². The van der Waals surface area contributed by atoms with Crippen LogP contribution in [0.4, 0.5) is 11.5 Å². The van der Waals surface area contributed by atoms with Gasteiger partial charge in [-0.25, -0.2) is 9.97 Å². The van der Waals surface area contributed by atoms with Crippen LogP contribution in [0.15, 0.2) is 42.9 Å².